The van der Waals surface area contributed by atoms with Crippen LogP contribution in [0, 0.1) is 29.6 Å². The van der Waals surface area contributed by atoms with Crippen molar-refractivity contribution in [2.24, 2.45) is 29.6 Å². The van der Waals surface area contributed by atoms with E-state index in [0.29, 0.717) is 18.3 Å². The van der Waals surface area contributed by atoms with Crippen LogP contribution in [0.3, 0.4) is 0 Å². The molecule has 0 unspecified atom stereocenters. The largest absolute Gasteiger partial charge is 0.325 e. The van der Waals surface area contributed by atoms with Gasteiger partial charge in [-0.2, -0.15) is 0 Å². The predicted molar refractivity (Wildman–Crippen MR) is 117 cm³/mol. The molecule has 6 aliphatic rings. The van der Waals surface area contributed by atoms with Gasteiger partial charge in [0.2, 0.25) is 17.7 Å². The summed E-state index contributed by atoms with van der Waals surface area (Å²) >= 11 is 0. The van der Waals surface area contributed by atoms with Crippen molar-refractivity contribution in [3.63, 3.8) is 0 Å². The molecule has 1 aliphatic heterocycles. The highest BCUT2D eigenvalue weighted by atomic mass is 16.2. The Morgan fingerprint density at radius 1 is 0.871 bits per heavy atom. The normalized spacial score (nSPS) is 37.9. The van der Waals surface area contributed by atoms with E-state index in [-0.39, 0.29) is 36.1 Å². The molecule has 4 saturated carbocycles. The van der Waals surface area contributed by atoms with Gasteiger partial charge in [0.25, 0.3) is 0 Å². The number of hydrogen-bond donors (Lipinski definition) is 1. The highest BCUT2D eigenvalue weighted by molar-refractivity contribution is 6.08. The monoisotopic (exact) mass is 418 g/mol. The second-order valence-electron chi connectivity index (χ2n) is 10.7. The van der Waals surface area contributed by atoms with Crippen LogP contribution in [0.1, 0.15) is 56.9 Å². The van der Waals surface area contributed by atoms with Crippen molar-refractivity contribution in [2.45, 2.75) is 56.8 Å². The van der Waals surface area contributed by atoms with E-state index in [9.17, 15) is 14.4 Å². The molecule has 1 saturated heterocycles. The minimum atomic E-state index is -0.309. The summed E-state index contributed by atoms with van der Waals surface area (Å²) in [5.41, 5.74) is 2.50. The third kappa shape index (κ3) is 3.16. The lowest BCUT2D eigenvalue weighted by atomic mass is 9.48. The molecule has 3 amide bonds. The number of anilines is 1. The Labute approximate surface area is 183 Å². The highest BCUT2D eigenvalue weighted by Crippen LogP contribution is 2.60. The number of nitrogens with zero attached hydrogens (tertiary/aromatic N) is 1. The van der Waals surface area contributed by atoms with Gasteiger partial charge in [-0.15, -0.1) is 0 Å². The third-order valence-electron chi connectivity index (χ3n) is 8.72. The lowest BCUT2D eigenvalue weighted by Crippen LogP contribution is -2.48. The van der Waals surface area contributed by atoms with Crippen LogP contribution in [0.25, 0.3) is 0 Å². The lowest BCUT2D eigenvalue weighted by Gasteiger charge is -2.57. The molecule has 0 spiro atoms. The zero-order valence-corrected chi connectivity index (χ0v) is 17.9. The number of imide groups is 1. The fraction of sp³-hybridized carbons (Fsp3) is 0.577. The molecular weight excluding hydrogens is 388 g/mol. The Morgan fingerprint density at radius 2 is 1.39 bits per heavy atom. The lowest BCUT2D eigenvalue weighted by molar-refractivity contribution is -0.142. The van der Waals surface area contributed by atoms with E-state index in [1.54, 1.807) is 0 Å². The first kappa shape index (κ1) is 19.3. The topological polar surface area (TPSA) is 66.5 Å². The Bertz CT molecular complexity index is 902. The molecule has 5 fully saturated rings. The van der Waals surface area contributed by atoms with Gasteiger partial charge in [-0.05, 0) is 92.2 Å². The molecule has 5 heteroatoms. The molecule has 162 valence electrons. The maximum absolute atomic E-state index is 12.6. The minimum absolute atomic E-state index is 0.193. The summed E-state index contributed by atoms with van der Waals surface area (Å²) in [6.45, 7) is -0.193. The number of carbonyl (C=O) groups is 3. The van der Waals surface area contributed by atoms with Gasteiger partial charge in [-0.1, -0.05) is 24.3 Å². The van der Waals surface area contributed by atoms with Crippen LogP contribution in [-0.4, -0.2) is 29.2 Å². The summed E-state index contributed by atoms with van der Waals surface area (Å²) in [6, 6.07) is 8.36. The van der Waals surface area contributed by atoms with Crippen molar-refractivity contribution in [1.29, 1.82) is 0 Å². The highest BCUT2D eigenvalue weighted by Gasteiger charge is 2.51. The number of hydrogen-bond acceptors (Lipinski definition) is 3. The molecule has 5 aliphatic carbocycles. The first-order chi connectivity index (χ1) is 15.0. The second kappa shape index (κ2) is 7.04. The van der Waals surface area contributed by atoms with Crippen molar-refractivity contribution in [1.82, 2.24) is 4.90 Å². The van der Waals surface area contributed by atoms with E-state index in [1.165, 1.54) is 44.1 Å². The Kier molecular flexibility index (Phi) is 4.38. The summed E-state index contributed by atoms with van der Waals surface area (Å²) in [5.74, 6) is 1.42. The molecule has 4 bridgehead atoms. The van der Waals surface area contributed by atoms with E-state index in [2.05, 4.69) is 17.4 Å². The van der Waals surface area contributed by atoms with Crippen LogP contribution in [0.2, 0.25) is 0 Å². The first-order valence-corrected chi connectivity index (χ1v) is 11.9. The molecule has 7 rings (SSSR count). The summed E-state index contributed by atoms with van der Waals surface area (Å²) in [7, 11) is 0. The standard InChI is InChI=1S/C26H30N2O3/c29-23(15-28-24(30)21-3-1-2-4-22(21)25(28)31)27-20-7-5-19(6-8-20)26-12-16-9-17(13-26)11-18(10-16)14-26/h1-2,5-8,16-18,21-22H,3-4,9-15H2,(H,27,29)/t16?,17?,18?,21-,22-,26?/m0/s1. The fourth-order valence-corrected chi connectivity index (χ4v) is 7.74. The van der Waals surface area contributed by atoms with Crippen molar-refractivity contribution >= 4 is 23.4 Å². The summed E-state index contributed by atoms with van der Waals surface area (Å²) in [4.78, 5) is 38.9. The average molecular weight is 419 g/mol. The van der Waals surface area contributed by atoms with Gasteiger partial charge in [0.1, 0.15) is 6.54 Å². The van der Waals surface area contributed by atoms with Crippen LogP contribution in [0.5, 0.6) is 0 Å². The molecule has 1 aromatic rings. The van der Waals surface area contributed by atoms with E-state index in [0.717, 1.165) is 28.3 Å². The van der Waals surface area contributed by atoms with Crippen LogP contribution in [-0.2, 0) is 19.8 Å². The molecule has 1 aromatic carbocycles. The van der Waals surface area contributed by atoms with E-state index in [1.807, 2.05) is 24.3 Å². The minimum Gasteiger partial charge on any atom is -0.325 e. The Balaban J connectivity index is 1.12. The van der Waals surface area contributed by atoms with E-state index < -0.39 is 0 Å². The molecule has 1 heterocycles. The molecule has 0 radical (unpaired) electrons. The zero-order valence-electron chi connectivity index (χ0n) is 17.9. The number of carbonyl (C=O) groups excluding carboxylic acids is 3. The van der Waals surface area contributed by atoms with E-state index in [4.69, 9.17) is 0 Å². The first-order valence-electron chi connectivity index (χ1n) is 11.9. The maximum atomic E-state index is 12.6. The van der Waals surface area contributed by atoms with Crippen LogP contribution >= 0.6 is 0 Å². The quantitative estimate of drug-likeness (QED) is 0.593. The van der Waals surface area contributed by atoms with Gasteiger partial charge < -0.3 is 5.32 Å². The van der Waals surface area contributed by atoms with Crippen LogP contribution < -0.4 is 5.32 Å². The van der Waals surface area contributed by atoms with Crippen molar-refractivity contribution < 1.29 is 14.4 Å². The van der Waals surface area contributed by atoms with Gasteiger partial charge >= 0.3 is 0 Å². The molecule has 2 atom stereocenters. The molecular formula is C26H30N2O3. The Morgan fingerprint density at radius 3 is 1.90 bits per heavy atom. The summed E-state index contributed by atoms with van der Waals surface area (Å²) in [5, 5.41) is 2.89. The fourth-order valence-electron chi connectivity index (χ4n) is 7.74. The maximum Gasteiger partial charge on any atom is 0.244 e. The van der Waals surface area contributed by atoms with Gasteiger partial charge in [0.05, 0.1) is 11.8 Å². The number of rotatable bonds is 4. The van der Waals surface area contributed by atoms with E-state index >= 15 is 0 Å². The van der Waals surface area contributed by atoms with Gasteiger partial charge in [-0.3, -0.25) is 19.3 Å². The number of likely N-dealkylation sites (tertiary alicyclic amines) is 1. The molecule has 1 N–H and O–H groups in total. The Hall–Kier alpha value is -2.43. The van der Waals surface area contributed by atoms with Crippen molar-refractivity contribution in [2.75, 3.05) is 11.9 Å². The number of nitrogens with one attached hydrogen (secondary N) is 1. The third-order valence-corrected chi connectivity index (χ3v) is 8.72. The zero-order chi connectivity index (χ0) is 21.2. The second-order valence-corrected chi connectivity index (χ2v) is 10.7. The number of benzene rings is 1. The predicted octanol–water partition coefficient (Wildman–Crippen LogP) is 4.04. The molecule has 0 aromatic heterocycles. The summed E-state index contributed by atoms with van der Waals surface area (Å²) < 4.78 is 0. The van der Waals surface area contributed by atoms with Gasteiger partial charge in [0, 0.05) is 5.69 Å². The van der Waals surface area contributed by atoms with Crippen LogP contribution in [0.4, 0.5) is 5.69 Å². The molecule has 31 heavy (non-hydrogen) atoms. The van der Waals surface area contributed by atoms with Gasteiger partial charge in [0.15, 0.2) is 0 Å². The molecule has 5 nitrogen and oxygen atoms in total. The van der Waals surface area contributed by atoms with Crippen LogP contribution in [0.15, 0.2) is 36.4 Å². The van der Waals surface area contributed by atoms with Crippen molar-refractivity contribution in [3.05, 3.63) is 42.0 Å². The smallest absolute Gasteiger partial charge is 0.244 e. The average Bonchev–Trinajstić information content (AvgIpc) is 2.98. The van der Waals surface area contributed by atoms with Crippen molar-refractivity contribution in [3.8, 4) is 0 Å². The number of fused-ring (bicyclic) bond motifs is 1. The summed E-state index contributed by atoms with van der Waals surface area (Å²) in [6.07, 6.45) is 13.4. The van der Waals surface area contributed by atoms with Gasteiger partial charge in [-0.25, -0.2) is 0 Å². The number of allylic oxidation sites excluding steroid dienone is 2. The number of amides is 3. The SMILES string of the molecule is O=C(CN1C(=O)[C@H]2CC=CC[C@@H]2C1=O)Nc1ccc(C23CC4CC(CC(C4)C2)C3)cc1.